The molecule has 0 aliphatic rings. The Morgan fingerprint density at radius 2 is 1.84 bits per heavy atom. The third kappa shape index (κ3) is 6.12. The molecule has 2 aromatic carbocycles. The zero-order valence-corrected chi connectivity index (χ0v) is 14.9. The Balaban J connectivity index is 2.03. The van der Waals surface area contributed by atoms with E-state index >= 15 is 0 Å². The van der Waals surface area contributed by atoms with Crippen molar-refractivity contribution >= 4 is 34.9 Å². The largest absolute Gasteiger partial charge is 0.355 e. The summed E-state index contributed by atoms with van der Waals surface area (Å²) < 4.78 is 0. The zero-order valence-electron chi connectivity index (χ0n) is 14.2. The molecule has 2 rings (SSSR count). The quantitative estimate of drug-likeness (QED) is 0.583. The van der Waals surface area contributed by atoms with Gasteiger partial charge in [0.2, 0.25) is 5.91 Å². The van der Waals surface area contributed by atoms with Crippen LogP contribution in [0.1, 0.15) is 12.0 Å². The maximum absolute atomic E-state index is 12.7. The predicted octanol–water partition coefficient (Wildman–Crippen LogP) is 3.78. The Morgan fingerprint density at radius 3 is 2.52 bits per heavy atom. The number of aryl methyl sites for hydroxylation is 1. The number of alkyl halides is 1. The molecule has 3 amide bonds. The summed E-state index contributed by atoms with van der Waals surface area (Å²) >= 11 is 5.46. The number of hydrogen-bond donors (Lipinski definition) is 2. The first-order chi connectivity index (χ1) is 12.1. The Kier molecular flexibility index (Phi) is 7.29. The van der Waals surface area contributed by atoms with Crippen molar-refractivity contribution < 1.29 is 9.59 Å². The van der Waals surface area contributed by atoms with Crippen LogP contribution in [0.25, 0.3) is 0 Å². The molecule has 0 saturated heterocycles. The number of benzene rings is 2. The van der Waals surface area contributed by atoms with Gasteiger partial charge in [0.1, 0.15) is 5.88 Å². The number of nitrogens with zero attached hydrogens (tertiary/aromatic N) is 1. The topological polar surface area (TPSA) is 61.4 Å². The molecule has 0 aliphatic carbocycles. The standard InChI is InChI=1S/C19H22ClN3O2/c1-15-7-5-8-16(13-15)22-19(25)23(17-9-3-2-4-10-17)12-6-11-21-18(24)14-20/h2-5,7-10,13H,6,11-12,14H2,1H3,(H,21,24)(H,22,25). The summed E-state index contributed by atoms with van der Waals surface area (Å²) in [4.78, 5) is 25.6. The highest BCUT2D eigenvalue weighted by atomic mass is 35.5. The van der Waals surface area contributed by atoms with Gasteiger partial charge < -0.3 is 10.6 Å². The first-order valence-corrected chi connectivity index (χ1v) is 8.66. The number of nitrogens with one attached hydrogen (secondary N) is 2. The molecular weight excluding hydrogens is 338 g/mol. The van der Waals surface area contributed by atoms with E-state index in [9.17, 15) is 9.59 Å². The summed E-state index contributed by atoms with van der Waals surface area (Å²) in [6.45, 7) is 2.92. The molecule has 5 nitrogen and oxygen atoms in total. The van der Waals surface area contributed by atoms with Crippen LogP contribution in [0.4, 0.5) is 16.2 Å². The number of amides is 3. The van der Waals surface area contributed by atoms with E-state index in [2.05, 4.69) is 10.6 Å². The van der Waals surface area contributed by atoms with Gasteiger partial charge in [0, 0.05) is 24.5 Å². The van der Waals surface area contributed by atoms with E-state index in [1.165, 1.54) is 0 Å². The van der Waals surface area contributed by atoms with Crippen LogP contribution in [-0.2, 0) is 4.79 Å². The van der Waals surface area contributed by atoms with E-state index in [-0.39, 0.29) is 17.8 Å². The lowest BCUT2D eigenvalue weighted by Crippen LogP contribution is -2.37. The molecule has 0 unspecified atom stereocenters. The van der Waals surface area contributed by atoms with E-state index < -0.39 is 0 Å². The second-order valence-electron chi connectivity index (χ2n) is 5.62. The van der Waals surface area contributed by atoms with Crippen molar-refractivity contribution in [2.45, 2.75) is 13.3 Å². The van der Waals surface area contributed by atoms with Crippen molar-refractivity contribution in [1.82, 2.24) is 5.32 Å². The van der Waals surface area contributed by atoms with Crippen LogP contribution < -0.4 is 15.5 Å². The second-order valence-corrected chi connectivity index (χ2v) is 5.89. The van der Waals surface area contributed by atoms with Crippen molar-refractivity contribution in [3.8, 4) is 0 Å². The van der Waals surface area contributed by atoms with Crippen LogP contribution >= 0.6 is 11.6 Å². The van der Waals surface area contributed by atoms with E-state index in [1.54, 1.807) is 4.90 Å². The third-order valence-corrected chi connectivity index (χ3v) is 3.83. The number of para-hydroxylation sites is 1. The van der Waals surface area contributed by atoms with Gasteiger partial charge in [0.05, 0.1) is 0 Å². The van der Waals surface area contributed by atoms with E-state index in [1.807, 2.05) is 61.5 Å². The van der Waals surface area contributed by atoms with Crippen LogP contribution in [0.2, 0.25) is 0 Å². The predicted molar refractivity (Wildman–Crippen MR) is 102 cm³/mol. The SMILES string of the molecule is Cc1cccc(NC(=O)N(CCCNC(=O)CCl)c2ccccc2)c1. The minimum Gasteiger partial charge on any atom is -0.355 e. The summed E-state index contributed by atoms with van der Waals surface area (Å²) in [5.41, 5.74) is 2.63. The lowest BCUT2D eigenvalue weighted by molar-refractivity contribution is -0.118. The number of anilines is 2. The van der Waals surface area contributed by atoms with E-state index in [0.29, 0.717) is 19.5 Å². The van der Waals surface area contributed by atoms with Gasteiger partial charge in [-0.2, -0.15) is 0 Å². The number of halogens is 1. The lowest BCUT2D eigenvalue weighted by Gasteiger charge is -2.23. The molecule has 0 aromatic heterocycles. The Morgan fingerprint density at radius 1 is 1.08 bits per heavy atom. The molecule has 25 heavy (non-hydrogen) atoms. The first-order valence-electron chi connectivity index (χ1n) is 8.13. The fourth-order valence-corrected chi connectivity index (χ4v) is 2.48. The molecule has 0 atom stereocenters. The second kappa shape index (κ2) is 9.69. The highest BCUT2D eigenvalue weighted by Crippen LogP contribution is 2.17. The van der Waals surface area contributed by atoms with Crippen molar-refractivity contribution in [2.75, 3.05) is 29.2 Å². The van der Waals surface area contributed by atoms with Gasteiger partial charge in [-0.1, -0.05) is 30.3 Å². The number of carbonyl (C=O) groups is 2. The van der Waals surface area contributed by atoms with Crippen molar-refractivity contribution in [2.24, 2.45) is 0 Å². The summed E-state index contributed by atoms with van der Waals surface area (Å²) in [6, 6.07) is 16.9. The highest BCUT2D eigenvalue weighted by molar-refractivity contribution is 6.27. The molecule has 0 radical (unpaired) electrons. The normalized spacial score (nSPS) is 10.2. The monoisotopic (exact) mass is 359 g/mol. The molecule has 6 heteroatoms. The molecular formula is C19H22ClN3O2. The van der Waals surface area contributed by atoms with E-state index in [4.69, 9.17) is 11.6 Å². The molecule has 0 heterocycles. The van der Waals surface area contributed by atoms with Gasteiger partial charge in [-0.05, 0) is 43.2 Å². The maximum atomic E-state index is 12.7. The van der Waals surface area contributed by atoms with Gasteiger partial charge in [0.25, 0.3) is 0 Å². The van der Waals surface area contributed by atoms with Crippen molar-refractivity contribution in [1.29, 1.82) is 0 Å². The van der Waals surface area contributed by atoms with Crippen LogP contribution in [-0.4, -0.2) is 30.9 Å². The first kappa shape index (κ1) is 18.8. The fraction of sp³-hybridized carbons (Fsp3) is 0.263. The summed E-state index contributed by atoms with van der Waals surface area (Å²) in [7, 11) is 0. The van der Waals surface area contributed by atoms with Gasteiger partial charge >= 0.3 is 6.03 Å². The number of carbonyl (C=O) groups excluding carboxylic acids is 2. The van der Waals surface area contributed by atoms with Gasteiger partial charge in [-0.25, -0.2) is 4.79 Å². The average Bonchev–Trinajstić information content (AvgIpc) is 2.62. The molecule has 2 aromatic rings. The maximum Gasteiger partial charge on any atom is 0.326 e. The van der Waals surface area contributed by atoms with Gasteiger partial charge in [0.15, 0.2) is 0 Å². The minimum absolute atomic E-state index is 0.0593. The van der Waals surface area contributed by atoms with Gasteiger partial charge in [-0.3, -0.25) is 9.69 Å². The molecule has 0 saturated carbocycles. The Bertz CT molecular complexity index is 707. The number of rotatable bonds is 7. The van der Waals surface area contributed by atoms with Crippen molar-refractivity contribution in [3.05, 3.63) is 60.2 Å². The molecule has 2 N–H and O–H groups in total. The summed E-state index contributed by atoms with van der Waals surface area (Å²) in [5.74, 6) is -0.270. The van der Waals surface area contributed by atoms with E-state index in [0.717, 1.165) is 16.9 Å². The third-order valence-electron chi connectivity index (χ3n) is 3.58. The zero-order chi connectivity index (χ0) is 18.1. The Hall–Kier alpha value is -2.53. The van der Waals surface area contributed by atoms with Crippen LogP contribution in [0, 0.1) is 6.92 Å². The van der Waals surface area contributed by atoms with Crippen LogP contribution in [0.3, 0.4) is 0 Å². The van der Waals surface area contributed by atoms with Gasteiger partial charge in [-0.15, -0.1) is 11.6 Å². The minimum atomic E-state index is -0.211. The summed E-state index contributed by atoms with van der Waals surface area (Å²) in [6.07, 6.45) is 0.624. The molecule has 132 valence electrons. The van der Waals surface area contributed by atoms with Crippen molar-refractivity contribution in [3.63, 3.8) is 0 Å². The average molecular weight is 360 g/mol. The van der Waals surface area contributed by atoms with Crippen LogP contribution in [0.15, 0.2) is 54.6 Å². The molecule has 0 fully saturated rings. The number of hydrogen-bond acceptors (Lipinski definition) is 2. The Labute approximate surface area is 153 Å². The summed E-state index contributed by atoms with van der Waals surface area (Å²) in [5, 5.41) is 5.63. The van der Waals surface area contributed by atoms with Crippen LogP contribution in [0.5, 0.6) is 0 Å². The number of urea groups is 1. The lowest BCUT2D eigenvalue weighted by atomic mass is 10.2. The smallest absolute Gasteiger partial charge is 0.326 e. The fourth-order valence-electron chi connectivity index (χ4n) is 2.38. The highest BCUT2D eigenvalue weighted by Gasteiger charge is 2.15. The molecule has 0 aliphatic heterocycles. The molecule has 0 spiro atoms. The molecule has 0 bridgehead atoms.